The standard InChI is InChI=1S/C15H25N3O/c1-17(2)15(6-5-7-15)11-18(3)13-8-12(16)9-14(10-13)19-4/h8-10H,5-7,11,16H2,1-4H3. The van der Waals surface area contributed by atoms with Gasteiger partial charge in [0.25, 0.3) is 0 Å². The van der Waals surface area contributed by atoms with E-state index in [9.17, 15) is 0 Å². The molecule has 0 aliphatic heterocycles. The Morgan fingerprint density at radius 3 is 2.37 bits per heavy atom. The van der Waals surface area contributed by atoms with E-state index in [2.05, 4.69) is 30.9 Å². The molecular formula is C15H25N3O. The summed E-state index contributed by atoms with van der Waals surface area (Å²) in [4.78, 5) is 4.63. The number of hydrogen-bond acceptors (Lipinski definition) is 4. The number of anilines is 2. The molecule has 4 nitrogen and oxygen atoms in total. The average molecular weight is 263 g/mol. The Labute approximate surface area is 116 Å². The molecular weight excluding hydrogens is 238 g/mol. The molecule has 0 aromatic heterocycles. The second-order valence-corrected chi connectivity index (χ2v) is 5.79. The van der Waals surface area contributed by atoms with Gasteiger partial charge in [-0.25, -0.2) is 0 Å². The Hall–Kier alpha value is -1.42. The van der Waals surface area contributed by atoms with Crippen LogP contribution in [0.1, 0.15) is 19.3 Å². The topological polar surface area (TPSA) is 41.7 Å². The second kappa shape index (κ2) is 5.29. The summed E-state index contributed by atoms with van der Waals surface area (Å²) in [7, 11) is 8.14. The monoisotopic (exact) mass is 263 g/mol. The van der Waals surface area contributed by atoms with Crippen molar-refractivity contribution in [3.8, 4) is 5.75 Å². The molecule has 0 unspecified atom stereocenters. The number of methoxy groups -OCH3 is 1. The van der Waals surface area contributed by atoms with Crippen LogP contribution in [0.3, 0.4) is 0 Å². The normalized spacial score (nSPS) is 17.1. The lowest BCUT2D eigenvalue weighted by molar-refractivity contribution is 0.0683. The molecule has 1 saturated carbocycles. The highest BCUT2D eigenvalue weighted by Crippen LogP contribution is 2.38. The highest BCUT2D eigenvalue weighted by molar-refractivity contribution is 5.60. The smallest absolute Gasteiger partial charge is 0.122 e. The zero-order valence-corrected chi connectivity index (χ0v) is 12.4. The van der Waals surface area contributed by atoms with Crippen LogP contribution in [0.2, 0.25) is 0 Å². The van der Waals surface area contributed by atoms with Crippen LogP contribution in [0.5, 0.6) is 5.75 Å². The van der Waals surface area contributed by atoms with Gasteiger partial charge in [0, 0.05) is 42.6 Å². The van der Waals surface area contributed by atoms with Crippen LogP contribution in [0.4, 0.5) is 11.4 Å². The van der Waals surface area contributed by atoms with Crippen molar-refractivity contribution in [2.45, 2.75) is 24.8 Å². The minimum atomic E-state index is 0.312. The summed E-state index contributed by atoms with van der Waals surface area (Å²) in [5, 5.41) is 0. The fourth-order valence-electron chi connectivity index (χ4n) is 2.81. The molecule has 2 rings (SSSR count). The fraction of sp³-hybridized carbons (Fsp3) is 0.600. The van der Waals surface area contributed by atoms with Gasteiger partial charge in [-0.2, -0.15) is 0 Å². The number of benzene rings is 1. The zero-order valence-electron chi connectivity index (χ0n) is 12.4. The first-order valence-corrected chi connectivity index (χ1v) is 6.80. The van der Waals surface area contributed by atoms with E-state index in [0.717, 1.165) is 23.7 Å². The summed E-state index contributed by atoms with van der Waals surface area (Å²) in [6, 6.07) is 5.89. The van der Waals surface area contributed by atoms with Gasteiger partial charge in [-0.1, -0.05) is 0 Å². The highest BCUT2D eigenvalue weighted by Gasteiger charge is 2.39. The third-order valence-corrected chi connectivity index (χ3v) is 4.35. The Kier molecular flexibility index (Phi) is 3.90. The number of nitrogen functional groups attached to an aromatic ring is 1. The maximum atomic E-state index is 5.93. The average Bonchev–Trinajstić information content (AvgIpc) is 2.32. The van der Waals surface area contributed by atoms with Crippen LogP contribution in [0.15, 0.2) is 18.2 Å². The van der Waals surface area contributed by atoms with E-state index in [1.54, 1.807) is 7.11 Å². The molecule has 0 saturated heterocycles. The maximum Gasteiger partial charge on any atom is 0.122 e. The minimum absolute atomic E-state index is 0.312. The van der Waals surface area contributed by atoms with Crippen LogP contribution in [-0.2, 0) is 0 Å². The predicted octanol–water partition coefficient (Wildman–Crippen LogP) is 2.20. The lowest BCUT2D eigenvalue weighted by atomic mass is 9.75. The zero-order chi connectivity index (χ0) is 14.0. The second-order valence-electron chi connectivity index (χ2n) is 5.79. The van der Waals surface area contributed by atoms with Crippen molar-refractivity contribution in [3.63, 3.8) is 0 Å². The van der Waals surface area contributed by atoms with Crippen molar-refractivity contribution >= 4 is 11.4 Å². The van der Waals surface area contributed by atoms with Crippen molar-refractivity contribution in [1.29, 1.82) is 0 Å². The number of nitrogens with two attached hydrogens (primary N) is 1. The fourth-order valence-corrected chi connectivity index (χ4v) is 2.81. The molecule has 0 amide bonds. The molecule has 0 heterocycles. The SMILES string of the molecule is COc1cc(N)cc(N(C)CC2(N(C)C)CCC2)c1. The van der Waals surface area contributed by atoms with Gasteiger partial charge in [-0.3, -0.25) is 0 Å². The van der Waals surface area contributed by atoms with E-state index < -0.39 is 0 Å². The van der Waals surface area contributed by atoms with Crippen molar-refractivity contribution in [2.75, 3.05) is 45.4 Å². The molecule has 0 spiro atoms. The molecule has 19 heavy (non-hydrogen) atoms. The lowest BCUT2D eigenvalue weighted by Gasteiger charge is -2.49. The predicted molar refractivity (Wildman–Crippen MR) is 80.9 cm³/mol. The van der Waals surface area contributed by atoms with E-state index in [1.807, 2.05) is 18.2 Å². The van der Waals surface area contributed by atoms with Crippen LogP contribution >= 0.6 is 0 Å². The maximum absolute atomic E-state index is 5.93. The molecule has 1 aromatic rings. The van der Waals surface area contributed by atoms with Crippen molar-refractivity contribution in [1.82, 2.24) is 4.90 Å². The highest BCUT2D eigenvalue weighted by atomic mass is 16.5. The third-order valence-electron chi connectivity index (χ3n) is 4.35. The molecule has 106 valence electrons. The van der Waals surface area contributed by atoms with Gasteiger partial charge >= 0.3 is 0 Å². The molecule has 1 fully saturated rings. The summed E-state index contributed by atoms with van der Waals surface area (Å²) >= 11 is 0. The van der Waals surface area contributed by atoms with E-state index in [0.29, 0.717) is 5.54 Å². The number of nitrogens with zero attached hydrogens (tertiary/aromatic N) is 2. The molecule has 0 radical (unpaired) electrons. The molecule has 1 aliphatic carbocycles. The molecule has 2 N–H and O–H groups in total. The lowest BCUT2D eigenvalue weighted by Crippen LogP contribution is -2.56. The van der Waals surface area contributed by atoms with Gasteiger partial charge in [0.05, 0.1) is 7.11 Å². The van der Waals surface area contributed by atoms with Gasteiger partial charge in [0.15, 0.2) is 0 Å². The van der Waals surface area contributed by atoms with Gasteiger partial charge in [-0.05, 0) is 39.4 Å². The molecule has 0 atom stereocenters. The third kappa shape index (κ3) is 2.78. The number of rotatable bonds is 5. The van der Waals surface area contributed by atoms with Crippen LogP contribution < -0.4 is 15.4 Å². The Morgan fingerprint density at radius 1 is 1.21 bits per heavy atom. The summed E-state index contributed by atoms with van der Waals surface area (Å²) < 4.78 is 5.29. The number of hydrogen-bond donors (Lipinski definition) is 1. The minimum Gasteiger partial charge on any atom is -0.497 e. The molecule has 1 aromatic carbocycles. The van der Waals surface area contributed by atoms with Crippen molar-refractivity contribution in [3.05, 3.63) is 18.2 Å². The number of ether oxygens (including phenoxy) is 1. The quantitative estimate of drug-likeness (QED) is 0.827. The molecule has 0 bridgehead atoms. The Morgan fingerprint density at radius 2 is 1.89 bits per heavy atom. The van der Waals surface area contributed by atoms with E-state index in [4.69, 9.17) is 10.5 Å². The van der Waals surface area contributed by atoms with Gasteiger partial charge < -0.3 is 20.3 Å². The summed E-state index contributed by atoms with van der Waals surface area (Å²) in [6.07, 6.45) is 3.86. The van der Waals surface area contributed by atoms with Crippen molar-refractivity contribution < 1.29 is 4.74 Å². The first kappa shape index (κ1) is 14.0. The van der Waals surface area contributed by atoms with Gasteiger partial charge in [0.2, 0.25) is 0 Å². The van der Waals surface area contributed by atoms with Crippen molar-refractivity contribution in [2.24, 2.45) is 0 Å². The summed E-state index contributed by atoms with van der Waals surface area (Å²) in [6.45, 7) is 1.02. The summed E-state index contributed by atoms with van der Waals surface area (Å²) in [5.41, 5.74) is 8.10. The molecule has 4 heteroatoms. The van der Waals surface area contributed by atoms with Crippen LogP contribution in [0.25, 0.3) is 0 Å². The van der Waals surface area contributed by atoms with Crippen LogP contribution in [-0.4, -0.2) is 45.2 Å². The number of likely N-dealkylation sites (N-methyl/N-ethyl adjacent to an activating group) is 2. The Balaban J connectivity index is 2.15. The largest absolute Gasteiger partial charge is 0.497 e. The summed E-state index contributed by atoms with van der Waals surface area (Å²) in [5.74, 6) is 0.814. The van der Waals surface area contributed by atoms with E-state index in [1.165, 1.54) is 19.3 Å². The van der Waals surface area contributed by atoms with E-state index in [-0.39, 0.29) is 0 Å². The van der Waals surface area contributed by atoms with Crippen LogP contribution in [0, 0.1) is 0 Å². The molecule has 1 aliphatic rings. The Bertz CT molecular complexity index is 441. The van der Waals surface area contributed by atoms with Gasteiger partial charge in [-0.15, -0.1) is 0 Å². The first-order chi connectivity index (χ1) is 8.97. The van der Waals surface area contributed by atoms with Gasteiger partial charge in [0.1, 0.15) is 5.75 Å². The van der Waals surface area contributed by atoms with E-state index >= 15 is 0 Å². The first-order valence-electron chi connectivity index (χ1n) is 6.80.